The van der Waals surface area contributed by atoms with Crippen LogP contribution in [0.1, 0.15) is 18.7 Å². The van der Waals surface area contributed by atoms with Crippen LogP contribution in [0.5, 0.6) is 0 Å². The summed E-state index contributed by atoms with van der Waals surface area (Å²) in [6.45, 7) is 0. The van der Waals surface area contributed by atoms with Crippen LogP contribution in [-0.4, -0.2) is 25.9 Å². The van der Waals surface area contributed by atoms with E-state index in [2.05, 4.69) is 10.2 Å². The Morgan fingerprint density at radius 2 is 2.46 bits per heavy atom. The third kappa shape index (κ3) is 2.55. The van der Waals surface area contributed by atoms with Crippen molar-refractivity contribution in [2.75, 3.05) is 5.84 Å². The summed E-state index contributed by atoms with van der Waals surface area (Å²) < 4.78 is 1.59. The van der Waals surface area contributed by atoms with Crippen LogP contribution >= 0.6 is 12.2 Å². The number of aliphatic carboxylic acids is 1. The van der Waals surface area contributed by atoms with Crippen LogP contribution in [0, 0.1) is 4.77 Å². The summed E-state index contributed by atoms with van der Waals surface area (Å²) in [6, 6.07) is 0. The molecule has 0 unspecified atom stereocenters. The van der Waals surface area contributed by atoms with Gasteiger partial charge in [0.2, 0.25) is 4.77 Å². The summed E-state index contributed by atoms with van der Waals surface area (Å²) in [7, 11) is 0. The van der Waals surface area contributed by atoms with E-state index in [1.54, 1.807) is 0 Å². The van der Waals surface area contributed by atoms with Gasteiger partial charge in [0.25, 0.3) is 0 Å². The first-order valence-corrected chi connectivity index (χ1v) is 4.15. The van der Waals surface area contributed by atoms with E-state index in [9.17, 15) is 4.79 Å². The molecular weight excluding hydrogens is 192 g/mol. The van der Waals surface area contributed by atoms with Crippen LogP contribution in [0.4, 0.5) is 0 Å². The lowest BCUT2D eigenvalue weighted by Gasteiger charge is -1.97. The molecule has 0 aliphatic heterocycles. The van der Waals surface area contributed by atoms with Gasteiger partial charge in [0.1, 0.15) is 0 Å². The van der Waals surface area contributed by atoms with Crippen LogP contribution < -0.4 is 5.84 Å². The first-order chi connectivity index (χ1) is 6.11. The van der Waals surface area contributed by atoms with Crippen LogP contribution in [0.15, 0.2) is 0 Å². The zero-order valence-corrected chi connectivity index (χ0v) is 7.67. The highest BCUT2D eigenvalue weighted by molar-refractivity contribution is 7.71. The largest absolute Gasteiger partial charge is 0.481 e. The molecule has 6 nitrogen and oxygen atoms in total. The number of nitrogen functional groups attached to an aromatic ring is 1. The molecule has 0 radical (unpaired) electrons. The highest BCUT2D eigenvalue weighted by atomic mass is 32.1. The third-order valence-electron chi connectivity index (χ3n) is 1.57. The SMILES string of the molecule is Nn1c(CCCC(=O)O)n[nH]c1=S. The van der Waals surface area contributed by atoms with Gasteiger partial charge in [0.15, 0.2) is 5.82 Å². The van der Waals surface area contributed by atoms with E-state index in [1.807, 2.05) is 0 Å². The van der Waals surface area contributed by atoms with Gasteiger partial charge < -0.3 is 10.9 Å². The molecule has 0 saturated carbocycles. The second-order valence-corrected chi connectivity index (χ2v) is 2.95. The van der Waals surface area contributed by atoms with Crippen LogP contribution in [0.2, 0.25) is 0 Å². The van der Waals surface area contributed by atoms with Crippen molar-refractivity contribution in [3.63, 3.8) is 0 Å². The molecule has 13 heavy (non-hydrogen) atoms. The number of carboxylic acid groups (broad SMARTS) is 1. The maximum Gasteiger partial charge on any atom is 0.303 e. The van der Waals surface area contributed by atoms with Gasteiger partial charge in [-0.3, -0.25) is 9.89 Å². The van der Waals surface area contributed by atoms with Gasteiger partial charge in [-0.2, -0.15) is 5.10 Å². The zero-order valence-electron chi connectivity index (χ0n) is 6.86. The molecule has 1 heterocycles. The molecule has 1 aromatic heterocycles. The fourth-order valence-corrected chi connectivity index (χ4v) is 1.06. The maximum atomic E-state index is 10.2. The van der Waals surface area contributed by atoms with E-state index in [0.29, 0.717) is 23.4 Å². The predicted molar refractivity (Wildman–Crippen MR) is 48.1 cm³/mol. The number of aromatic amines is 1. The van der Waals surface area contributed by atoms with E-state index < -0.39 is 5.97 Å². The molecule has 1 aromatic rings. The zero-order chi connectivity index (χ0) is 9.84. The van der Waals surface area contributed by atoms with E-state index in [-0.39, 0.29) is 6.42 Å². The Balaban J connectivity index is 2.50. The highest BCUT2D eigenvalue weighted by Crippen LogP contribution is 1.99. The molecule has 0 bridgehead atoms. The second-order valence-electron chi connectivity index (χ2n) is 2.56. The van der Waals surface area contributed by atoms with Gasteiger partial charge in [0.05, 0.1) is 0 Å². The minimum atomic E-state index is -0.822. The first kappa shape index (κ1) is 9.72. The summed E-state index contributed by atoms with van der Waals surface area (Å²) in [6.07, 6.45) is 1.13. The van der Waals surface area contributed by atoms with Crippen molar-refractivity contribution in [1.29, 1.82) is 0 Å². The highest BCUT2D eigenvalue weighted by Gasteiger charge is 2.03. The van der Waals surface area contributed by atoms with Crippen LogP contribution in [0.3, 0.4) is 0 Å². The van der Waals surface area contributed by atoms with E-state index >= 15 is 0 Å². The quantitative estimate of drug-likeness (QED) is 0.474. The first-order valence-electron chi connectivity index (χ1n) is 3.74. The smallest absolute Gasteiger partial charge is 0.303 e. The topological polar surface area (TPSA) is 96.9 Å². The molecule has 0 aliphatic rings. The van der Waals surface area contributed by atoms with Crippen molar-refractivity contribution in [2.45, 2.75) is 19.3 Å². The van der Waals surface area contributed by atoms with Crippen molar-refractivity contribution in [1.82, 2.24) is 14.9 Å². The summed E-state index contributed by atoms with van der Waals surface area (Å²) in [5.74, 6) is 5.24. The average Bonchev–Trinajstić information content (AvgIpc) is 2.35. The van der Waals surface area contributed by atoms with Gasteiger partial charge in [-0.05, 0) is 18.6 Å². The fraction of sp³-hybridized carbons (Fsp3) is 0.500. The molecule has 1 rings (SSSR count). The monoisotopic (exact) mass is 202 g/mol. The second kappa shape index (κ2) is 4.04. The lowest BCUT2D eigenvalue weighted by Crippen LogP contribution is -2.13. The number of H-pyrrole nitrogens is 1. The fourth-order valence-electron chi connectivity index (χ4n) is 0.911. The van der Waals surface area contributed by atoms with Crippen molar-refractivity contribution < 1.29 is 9.90 Å². The van der Waals surface area contributed by atoms with Gasteiger partial charge in [-0.1, -0.05) is 0 Å². The van der Waals surface area contributed by atoms with Crippen LogP contribution in [-0.2, 0) is 11.2 Å². The van der Waals surface area contributed by atoms with Gasteiger partial charge in [-0.25, -0.2) is 4.68 Å². The Bertz CT molecular complexity index is 356. The van der Waals surface area contributed by atoms with Gasteiger partial charge >= 0.3 is 5.97 Å². The third-order valence-corrected chi connectivity index (χ3v) is 1.86. The lowest BCUT2D eigenvalue weighted by atomic mass is 10.2. The summed E-state index contributed by atoms with van der Waals surface area (Å²) >= 11 is 4.78. The minimum absolute atomic E-state index is 0.111. The molecule has 0 aromatic carbocycles. The molecule has 7 heteroatoms. The lowest BCUT2D eigenvalue weighted by molar-refractivity contribution is -0.137. The van der Waals surface area contributed by atoms with E-state index in [0.717, 1.165) is 0 Å². The Labute approximate surface area is 79.3 Å². The minimum Gasteiger partial charge on any atom is -0.481 e. The van der Waals surface area contributed by atoms with Crippen LogP contribution in [0.25, 0.3) is 0 Å². The van der Waals surface area contributed by atoms with Gasteiger partial charge in [0, 0.05) is 12.8 Å². The molecule has 0 saturated heterocycles. The van der Waals surface area contributed by atoms with Crippen molar-refractivity contribution >= 4 is 18.2 Å². The van der Waals surface area contributed by atoms with Crippen molar-refractivity contribution in [3.05, 3.63) is 10.6 Å². The number of nitrogens with two attached hydrogens (primary N) is 1. The molecule has 4 N–H and O–H groups in total. The van der Waals surface area contributed by atoms with Crippen molar-refractivity contribution in [3.8, 4) is 0 Å². The number of carbonyl (C=O) groups is 1. The normalized spacial score (nSPS) is 10.2. The number of aryl methyl sites for hydroxylation is 1. The molecule has 0 amide bonds. The molecule has 0 fully saturated rings. The van der Waals surface area contributed by atoms with E-state index in [4.69, 9.17) is 23.2 Å². The van der Waals surface area contributed by atoms with Gasteiger partial charge in [-0.15, -0.1) is 0 Å². The maximum absolute atomic E-state index is 10.2. The Morgan fingerprint density at radius 1 is 1.77 bits per heavy atom. The number of aromatic nitrogens is 3. The molecule has 0 atom stereocenters. The van der Waals surface area contributed by atoms with E-state index in [1.165, 1.54) is 4.68 Å². The molecular formula is C6H10N4O2S. The number of nitrogens with zero attached hydrogens (tertiary/aromatic N) is 2. The summed E-state index contributed by atoms with van der Waals surface area (Å²) in [4.78, 5) is 10.2. The summed E-state index contributed by atoms with van der Waals surface area (Å²) in [5.41, 5.74) is 0. The van der Waals surface area contributed by atoms with Crippen molar-refractivity contribution in [2.24, 2.45) is 0 Å². The predicted octanol–water partition coefficient (Wildman–Crippen LogP) is 0.0618. The number of carboxylic acids is 1. The number of rotatable bonds is 4. The standard InChI is InChI=1S/C6H10N4O2S/c7-10-4(8-9-6(10)13)2-1-3-5(11)12/h1-3,7H2,(H,9,13)(H,11,12). The Morgan fingerprint density at radius 3 is 2.92 bits per heavy atom. The average molecular weight is 202 g/mol. The molecule has 0 aliphatic carbocycles. The molecule has 0 spiro atoms. The Kier molecular flexibility index (Phi) is 3.02. The Hall–Kier alpha value is -1.37. The summed E-state index contributed by atoms with van der Waals surface area (Å²) in [5, 5.41) is 14.7. The molecule has 72 valence electrons. The number of hydrogen-bond donors (Lipinski definition) is 3. The number of nitrogens with one attached hydrogen (secondary N) is 1. The number of hydrogen-bond acceptors (Lipinski definition) is 4.